The Hall–Kier alpha value is -2.70. The van der Waals surface area contributed by atoms with E-state index in [-0.39, 0.29) is 12.5 Å². The van der Waals surface area contributed by atoms with E-state index in [4.69, 9.17) is 16.2 Å². The first-order valence-corrected chi connectivity index (χ1v) is 16.4. The van der Waals surface area contributed by atoms with E-state index in [1.54, 1.807) is 30.3 Å². The number of benzene rings is 2. The topological polar surface area (TPSA) is 86.3 Å². The zero-order valence-electron chi connectivity index (χ0n) is 25.5. The highest BCUT2D eigenvalue weighted by Gasteiger charge is 2.32. The second kappa shape index (κ2) is 18.4. The van der Waals surface area contributed by atoms with Gasteiger partial charge in [-0.15, -0.1) is 0 Å². The summed E-state index contributed by atoms with van der Waals surface area (Å²) in [6.07, 6.45) is 0.311. The van der Waals surface area contributed by atoms with Crippen molar-refractivity contribution in [1.29, 1.82) is 0 Å². The van der Waals surface area contributed by atoms with Crippen LogP contribution < -0.4 is 16.0 Å². The number of nitrogens with zero attached hydrogens (tertiary/aromatic N) is 1. The van der Waals surface area contributed by atoms with Gasteiger partial charge < -0.3 is 20.5 Å². The van der Waals surface area contributed by atoms with Crippen LogP contribution in [0.5, 0.6) is 0 Å². The van der Waals surface area contributed by atoms with Gasteiger partial charge in [-0.25, -0.2) is 4.39 Å². The van der Waals surface area contributed by atoms with Crippen LogP contribution in [-0.2, 0) is 17.4 Å². The Morgan fingerprint density at radius 2 is 1.76 bits per heavy atom. The van der Waals surface area contributed by atoms with Gasteiger partial charge in [-0.05, 0) is 106 Å². The Balaban J connectivity index is 1.65. The number of pyridine rings is 1. The molecule has 4 N–H and O–H groups in total. The first-order chi connectivity index (χ1) is 21.5. The summed E-state index contributed by atoms with van der Waals surface area (Å²) in [7, 11) is 0. The number of nitrogens with one attached hydrogen (secondary N) is 3. The van der Waals surface area contributed by atoms with Crippen LogP contribution in [-0.4, -0.2) is 46.4 Å². The molecule has 1 amide bonds. The molecular formula is C33H41ClF4N4O2S. The molecule has 0 aliphatic carbocycles. The molecule has 3 rings (SSSR count). The minimum absolute atomic E-state index is 0.102. The fourth-order valence-electron chi connectivity index (χ4n) is 5.22. The quantitative estimate of drug-likeness (QED) is 0.0620. The van der Waals surface area contributed by atoms with Crippen molar-refractivity contribution in [3.63, 3.8) is 0 Å². The van der Waals surface area contributed by atoms with E-state index in [0.29, 0.717) is 52.0 Å². The summed E-state index contributed by atoms with van der Waals surface area (Å²) in [4.78, 5) is 16.9. The first kappa shape index (κ1) is 36.8. The van der Waals surface area contributed by atoms with Gasteiger partial charge in [0.25, 0.3) is 0 Å². The highest BCUT2D eigenvalue weighted by atomic mass is 35.5. The van der Waals surface area contributed by atoms with Gasteiger partial charge in [0.1, 0.15) is 11.5 Å². The lowest BCUT2D eigenvalue weighted by Gasteiger charge is -2.21. The van der Waals surface area contributed by atoms with Crippen LogP contribution in [0.15, 0.2) is 60.8 Å². The lowest BCUT2D eigenvalue weighted by Crippen LogP contribution is -2.35. The molecule has 3 atom stereocenters. The molecule has 2 aromatic carbocycles. The number of hydrogen-bond acceptors (Lipinski definition) is 6. The first-order valence-electron chi connectivity index (χ1n) is 15.1. The molecule has 3 unspecified atom stereocenters. The largest absolute Gasteiger partial charge is 0.433 e. The summed E-state index contributed by atoms with van der Waals surface area (Å²) in [6, 6.07) is 13.9. The smallest absolute Gasteiger partial charge is 0.330 e. The number of halogens is 5. The highest BCUT2D eigenvalue weighted by Crippen LogP contribution is 2.33. The van der Waals surface area contributed by atoms with Crippen LogP contribution in [0.2, 0.25) is 5.02 Å². The Labute approximate surface area is 272 Å². The van der Waals surface area contributed by atoms with Crippen molar-refractivity contribution >= 4 is 35.2 Å². The molecule has 0 radical (unpaired) electrons. The highest BCUT2D eigenvalue weighted by molar-refractivity contribution is 7.93. The Morgan fingerprint density at radius 3 is 2.40 bits per heavy atom. The number of amides is 1. The maximum atomic E-state index is 15.0. The van der Waals surface area contributed by atoms with Crippen molar-refractivity contribution in [3.05, 3.63) is 94.0 Å². The molecule has 0 aliphatic heterocycles. The molecule has 0 spiro atoms. The second-order valence-electron chi connectivity index (χ2n) is 11.0. The lowest BCUT2D eigenvalue weighted by molar-refractivity contribution is -0.141. The number of carbonyl (C=O) groups is 1. The van der Waals surface area contributed by atoms with Crippen molar-refractivity contribution in [2.75, 3.05) is 24.2 Å². The normalized spacial score (nSPS) is 13.8. The summed E-state index contributed by atoms with van der Waals surface area (Å²) in [5, 5.41) is 10.3. The van der Waals surface area contributed by atoms with Crippen molar-refractivity contribution in [3.8, 4) is 0 Å². The van der Waals surface area contributed by atoms with Gasteiger partial charge in [0.15, 0.2) is 0 Å². The van der Waals surface area contributed by atoms with E-state index in [1.807, 2.05) is 6.92 Å². The van der Waals surface area contributed by atoms with Gasteiger partial charge in [-0.1, -0.05) is 42.8 Å². The van der Waals surface area contributed by atoms with Crippen LogP contribution in [0.1, 0.15) is 74.3 Å². The maximum Gasteiger partial charge on any atom is 0.433 e. The third-order valence-electron chi connectivity index (χ3n) is 7.63. The molecule has 0 fully saturated rings. The number of hydrogen-bond donors (Lipinski definition) is 4. The van der Waals surface area contributed by atoms with Gasteiger partial charge in [-0.3, -0.25) is 9.78 Å². The van der Waals surface area contributed by atoms with Crippen LogP contribution in [0.25, 0.3) is 0 Å². The van der Waals surface area contributed by atoms with E-state index in [9.17, 15) is 22.4 Å². The molecule has 6 nitrogen and oxygen atoms in total. The van der Waals surface area contributed by atoms with Crippen LogP contribution >= 0.6 is 23.6 Å². The monoisotopic (exact) mass is 668 g/mol. The van der Waals surface area contributed by atoms with Gasteiger partial charge in [0, 0.05) is 52.6 Å². The molecule has 0 saturated heterocycles. The SMILES string of the molecule is CCNC(CCCSO)CCNC(C)CCc1c(F)cccc1NC(=O)CC(c1ccc(Cl)cc1)c1ccc(C(F)(F)F)nc1. The standard InChI is InChI=1S/C33H41ClF4N4O2S/c1-3-39-26(6-5-19-45-44)17-18-40-22(2)9-15-27-29(35)7-4-8-30(27)42-32(43)20-28(23-10-13-25(34)14-11-23)24-12-16-31(41-21-24)33(36,37)38/h4,7-8,10-14,16,21-22,26,28,39-40,44H,3,5-6,9,15,17-20H2,1-2H3,(H,42,43). The van der Waals surface area contributed by atoms with E-state index in [1.165, 1.54) is 18.2 Å². The lowest BCUT2D eigenvalue weighted by atomic mass is 9.89. The minimum Gasteiger partial charge on any atom is -0.330 e. The fraction of sp³-hybridized carbons (Fsp3) is 0.455. The Morgan fingerprint density at radius 1 is 1.02 bits per heavy atom. The van der Waals surface area contributed by atoms with E-state index >= 15 is 0 Å². The van der Waals surface area contributed by atoms with Crippen LogP contribution in [0.3, 0.4) is 0 Å². The van der Waals surface area contributed by atoms with Gasteiger partial charge in [0.2, 0.25) is 5.91 Å². The second-order valence-corrected chi connectivity index (χ2v) is 12.1. The number of aromatic nitrogens is 1. The fourth-order valence-corrected chi connectivity index (χ4v) is 5.64. The van der Waals surface area contributed by atoms with Gasteiger partial charge in [0.05, 0.1) is 0 Å². The molecule has 0 bridgehead atoms. The summed E-state index contributed by atoms with van der Waals surface area (Å²) >= 11 is 6.90. The predicted octanol–water partition coefficient (Wildman–Crippen LogP) is 8.32. The molecule has 0 saturated carbocycles. The Kier molecular flexibility index (Phi) is 15.1. The van der Waals surface area contributed by atoms with Crippen LogP contribution in [0.4, 0.5) is 23.2 Å². The van der Waals surface area contributed by atoms with Crippen LogP contribution in [0, 0.1) is 5.82 Å². The molecule has 1 aromatic heterocycles. The van der Waals surface area contributed by atoms with Crippen molar-refractivity contribution in [2.24, 2.45) is 0 Å². The number of anilines is 1. The van der Waals surface area contributed by atoms with E-state index < -0.39 is 29.5 Å². The van der Waals surface area contributed by atoms with Crippen molar-refractivity contribution in [1.82, 2.24) is 15.6 Å². The van der Waals surface area contributed by atoms with Crippen molar-refractivity contribution < 1.29 is 26.9 Å². The average Bonchev–Trinajstić information content (AvgIpc) is 3.00. The van der Waals surface area contributed by atoms with Gasteiger partial charge >= 0.3 is 6.18 Å². The summed E-state index contributed by atoms with van der Waals surface area (Å²) < 4.78 is 63.3. The number of rotatable bonds is 18. The molecule has 1 heterocycles. The third kappa shape index (κ3) is 12.2. The van der Waals surface area contributed by atoms with Crippen molar-refractivity contribution in [2.45, 2.75) is 76.6 Å². The summed E-state index contributed by atoms with van der Waals surface area (Å²) in [5.41, 5.74) is 0.850. The summed E-state index contributed by atoms with van der Waals surface area (Å²) in [5.74, 6) is -0.731. The average molecular weight is 669 g/mol. The maximum absolute atomic E-state index is 15.0. The van der Waals surface area contributed by atoms with Gasteiger partial charge in [-0.2, -0.15) is 13.2 Å². The predicted molar refractivity (Wildman–Crippen MR) is 174 cm³/mol. The minimum atomic E-state index is -4.58. The Bertz CT molecular complexity index is 1330. The zero-order chi connectivity index (χ0) is 32.8. The number of alkyl halides is 3. The zero-order valence-corrected chi connectivity index (χ0v) is 27.0. The molecular weight excluding hydrogens is 628 g/mol. The third-order valence-corrected chi connectivity index (χ3v) is 8.35. The molecule has 3 aromatic rings. The van der Waals surface area contributed by atoms with E-state index in [0.717, 1.165) is 56.7 Å². The molecule has 246 valence electrons. The summed E-state index contributed by atoms with van der Waals surface area (Å²) in [6.45, 7) is 5.77. The number of carbonyl (C=O) groups excluding carboxylic acids is 1. The molecule has 45 heavy (non-hydrogen) atoms. The molecule has 12 heteroatoms. The van der Waals surface area contributed by atoms with E-state index in [2.05, 4.69) is 27.9 Å². The molecule has 0 aliphatic rings.